The number of nitrogens with zero attached hydrogens (tertiary/aromatic N) is 4. The smallest absolute Gasteiger partial charge is 0.260 e. The highest BCUT2D eigenvalue weighted by Crippen LogP contribution is 2.29. The van der Waals surface area contributed by atoms with E-state index >= 15 is 0 Å². The van der Waals surface area contributed by atoms with Gasteiger partial charge in [0.15, 0.2) is 17.2 Å². The number of rotatable bonds is 9. The van der Waals surface area contributed by atoms with E-state index in [-0.39, 0.29) is 17.7 Å². The highest BCUT2D eigenvalue weighted by molar-refractivity contribution is 7.08. The summed E-state index contributed by atoms with van der Waals surface area (Å²) in [5.41, 5.74) is 9.53. The highest BCUT2D eigenvalue weighted by Gasteiger charge is 2.32. The van der Waals surface area contributed by atoms with E-state index in [9.17, 15) is 14.7 Å². The van der Waals surface area contributed by atoms with Crippen LogP contribution in [0.15, 0.2) is 113 Å². The molecular weight excluding hydrogens is 740 g/mol. The number of fused-ring (bicyclic) bond motifs is 2. The van der Waals surface area contributed by atoms with Gasteiger partial charge >= 0.3 is 0 Å². The lowest BCUT2D eigenvalue weighted by Crippen LogP contribution is -2.37. The number of nitrogens with one attached hydrogen (secondary N) is 4. The van der Waals surface area contributed by atoms with Crippen LogP contribution in [0.4, 0.5) is 11.4 Å². The number of amides is 2. The maximum Gasteiger partial charge on any atom is 0.260 e. The van der Waals surface area contributed by atoms with Gasteiger partial charge in [-0.05, 0) is 72.5 Å². The van der Waals surface area contributed by atoms with Gasteiger partial charge in [-0.1, -0.05) is 67.9 Å². The second-order valence-corrected chi connectivity index (χ2v) is 14.9. The van der Waals surface area contributed by atoms with Crippen LogP contribution in [0, 0.1) is 5.92 Å². The molecule has 4 aromatic carbocycles. The molecular formula is C40H35ClN8O3S2. The van der Waals surface area contributed by atoms with Gasteiger partial charge in [0, 0.05) is 27.2 Å². The molecule has 0 fully saturated rings. The number of carbonyl (C=O) groups excluding carboxylic acids is 2. The molecule has 14 heteroatoms. The molecule has 4 aromatic heterocycles. The molecule has 0 saturated heterocycles. The summed E-state index contributed by atoms with van der Waals surface area (Å²) >= 11 is 9.01. The molecule has 0 radical (unpaired) electrons. The summed E-state index contributed by atoms with van der Waals surface area (Å²) in [5, 5.41) is 20.9. The van der Waals surface area contributed by atoms with Crippen LogP contribution in [-0.2, 0) is 15.2 Å². The second kappa shape index (κ2) is 15.7. The van der Waals surface area contributed by atoms with E-state index in [1.807, 2.05) is 79.2 Å². The summed E-state index contributed by atoms with van der Waals surface area (Å²) in [7, 11) is 0. The fourth-order valence-corrected chi connectivity index (χ4v) is 7.15. The molecule has 272 valence electrons. The summed E-state index contributed by atoms with van der Waals surface area (Å²) in [5.74, 6) is 0.744. The third-order valence-corrected chi connectivity index (χ3v) is 10.2. The van der Waals surface area contributed by atoms with Crippen LogP contribution in [0.25, 0.3) is 45.1 Å². The molecule has 0 aliphatic rings. The first-order valence-electron chi connectivity index (χ1n) is 17.0. The molecule has 8 aromatic rings. The second-order valence-electron chi connectivity index (χ2n) is 13.0. The van der Waals surface area contributed by atoms with Crippen molar-refractivity contribution in [2.24, 2.45) is 5.92 Å². The number of benzene rings is 4. The molecule has 0 aliphatic carbocycles. The van der Waals surface area contributed by atoms with Gasteiger partial charge in [-0.3, -0.25) is 9.59 Å². The zero-order valence-electron chi connectivity index (χ0n) is 29.4. The van der Waals surface area contributed by atoms with Crippen molar-refractivity contribution in [3.05, 3.63) is 129 Å². The average Bonchev–Trinajstić information content (AvgIpc) is 4.00. The Morgan fingerprint density at radius 2 is 1.30 bits per heavy atom. The maximum absolute atomic E-state index is 13.0. The van der Waals surface area contributed by atoms with Crippen LogP contribution in [0.5, 0.6) is 0 Å². The third-order valence-electron chi connectivity index (χ3n) is 8.80. The van der Waals surface area contributed by atoms with Gasteiger partial charge in [-0.15, -0.1) is 22.7 Å². The molecule has 4 heterocycles. The van der Waals surface area contributed by atoms with Gasteiger partial charge in [0.25, 0.3) is 5.91 Å². The van der Waals surface area contributed by atoms with Crippen LogP contribution >= 0.6 is 34.3 Å². The van der Waals surface area contributed by atoms with Crippen LogP contribution < -0.4 is 10.6 Å². The SMILES string of the molecule is CC(C)C(C(=O)Nc1ccc2nc(-c3cscn3)[nH]c2c1)c1ccc(Cl)cc1.C[C@](O)(C(=O)Nc1ccc2nc(-c3cscn3)[nH]c2c1)c1ccccc1. The van der Waals surface area contributed by atoms with Crippen molar-refractivity contribution in [2.75, 3.05) is 10.6 Å². The molecule has 11 nitrogen and oxygen atoms in total. The Hall–Kier alpha value is -5.73. The van der Waals surface area contributed by atoms with Gasteiger partial charge in [0.05, 0.1) is 39.0 Å². The Morgan fingerprint density at radius 3 is 1.80 bits per heavy atom. The normalized spacial score (nSPS) is 12.9. The van der Waals surface area contributed by atoms with Crippen LogP contribution in [-0.4, -0.2) is 46.8 Å². The number of hydrogen-bond donors (Lipinski definition) is 5. The van der Waals surface area contributed by atoms with Crippen LogP contribution in [0.1, 0.15) is 37.8 Å². The number of hydrogen-bond acceptors (Lipinski definition) is 9. The van der Waals surface area contributed by atoms with Crippen molar-refractivity contribution < 1.29 is 14.7 Å². The summed E-state index contributed by atoms with van der Waals surface area (Å²) in [6.45, 7) is 5.56. The van der Waals surface area contributed by atoms with E-state index in [1.54, 1.807) is 47.4 Å². The zero-order chi connectivity index (χ0) is 37.8. The first kappa shape index (κ1) is 36.6. The van der Waals surface area contributed by atoms with E-state index in [1.165, 1.54) is 29.6 Å². The lowest BCUT2D eigenvalue weighted by Gasteiger charge is -2.22. The minimum Gasteiger partial charge on any atom is -0.376 e. The van der Waals surface area contributed by atoms with E-state index < -0.39 is 11.5 Å². The number of halogens is 1. The Labute approximate surface area is 323 Å². The van der Waals surface area contributed by atoms with Gasteiger partial charge in [0.1, 0.15) is 11.4 Å². The third kappa shape index (κ3) is 8.09. The first-order valence-corrected chi connectivity index (χ1v) is 19.2. The van der Waals surface area contributed by atoms with E-state index in [0.717, 1.165) is 50.5 Å². The summed E-state index contributed by atoms with van der Waals surface area (Å²) in [6, 6.07) is 27.3. The number of imidazole rings is 2. The quantitative estimate of drug-likeness (QED) is 0.0977. The molecule has 1 unspecified atom stereocenters. The number of H-pyrrole nitrogens is 2. The molecule has 0 spiro atoms. The average molecular weight is 775 g/mol. The minimum absolute atomic E-state index is 0.0455. The van der Waals surface area contributed by atoms with Crippen molar-refractivity contribution in [3.63, 3.8) is 0 Å². The Kier molecular flexibility index (Phi) is 10.7. The number of thiazole rings is 2. The largest absolute Gasteiger partial charge is 0.376 e. The lowest BCUT2D eigenvalue weighted by atomic mass is 9.87. The van der Waals surface area contributed by atoms with Gasteiger partial charge in [-0.25, -0.2) is 19.9 Å². The van der Waals surface area contributed by atoms with Crippen LogP contribution in [0.3, 0.4) is 0 Å². The monoisotopic (exact) mass is 774 g/mol. The molecule has 2 amide bonds. The van der Waals surface area contributed by atoms with Crippen molar-refractivity contribution in [1.82, 2.24) is 29.9 Å². The van der Waals surface area contributed by atoms with Crippen molar-refractivity contribution >= 4 is 79.5 Å². The van der Waals surface area contributed by atoms with E-state index in [0.29, 0.717) is 22.1 Å². The minimum atomic E-state index is -1.63. The van der Waals surface area contributed by atoms with Crippen molar-refractivity contribution in [3.8, 4) is 23.0 Å². The van der Waals surface area contributed by atoms with Crippen molar-refractivity contribution in [1.29, 1.82) is 0 Å². The Bertz CT molecular complexity index is 2510. The molecule has 2 atom stereocenters. The number of aromatic nitrogens is 6. The standard InChI is InChI=1S/C21H19ClN4OS.C19H16N4O2S/c1-12(2)19(13-3-5-14(22)6-4-13)21(27)24-15-7-8-16-17(9-15)26-20(25-16)18-10-28-11-23-18;1-19(25,12-5-3-2-4-6-12)18(24)21-13-7-8-14-15(9-13)23-17(22-14)16-10-26-11-20-16/h3-12,19H,1-2H3,(H,24,27)(H,25,26);2-11,25H,1H3,(H,21,24)(H,22,23)/t;19-/m.1/s1. The number of anilines is 2. The summed E-state index contributed by atoms with van der Waals surface area (Å²) in [4.78, 5) is 49.6. The van der Waals surface area contributed by atoms with Gasteiger partial charge < -0.3 is 25.7 Å². The maximum atomic E-state index is 13.0. The molecule has 0 bridgehead atoms. The predicted octanol–water partition coefficient (Wildman–Crippen LogP) is 9.25. The molecule has 0 saturated carbocycles. The molecule has 8 rings (SSSR count). The topological polar surface area (TPSA) is 162 Å². The Balaban J connectivity index is 0.000000167. The number of aromatic amines is 2. The van der Waals surface area contributed by atoms with E-state index in [2.05, 4.69) is 40.5 Å². The van der Waals surface area contributed by atoms with Gasteiger partial charge in [0.2, 0.25) is 5.91 Å². The molecule has 54 heavy (non-hydrogen) atoms. The zero-order valence-corrected chi connectivity index (χ0v) is 31.8. The number of carbonyl (C=O) groups is 2. The first-order chi connectivity index (χ1) is 26.0. The summed E-state index contributed by atoms with van der Waals surface area (Å²) < 4.78 is 0. The molecule has 0 aliphatic heterocycles. The lowest BCUT2D eigenvalue weighted by molar-refractivity contribution is -0.133. The Morgan fingerprint density at radius 1 is 0.759 bits per heavy atom. The van der Waals surface area contributed by atoms with Crippen molar-refractivity contribution in [2.45, 2.75) is 32.3 Å². The predicted molar refractivity (Wildman–Crippen MR) is 217 cm³/mol. The fraction of sp³-hybridized carbons (Fsp3) is 0.150. The van der Waals surface area contributed by atoms with Gasteiger partial charge in [-0.2, -0.15) is 0 Å². The highest BCUT2D eigenvalue weighted by atomic mass is 35.5. The molecule has 5 N–H and O–H groups in total. The van der Waals surface area contributed by atoms with Crippen LogP contribution in [0.2, 0.25) is 5.02 Å². The summed E-state index contributed by atoms with van der Waals surface area (Å²) in [6.07, 6.45) is 0. The van der Waals surface area contributed by atoms with E-state index in [4.69, 9.17) is 11.6 Å². The number of aliphatic hydroxyl groups is 1. The fourth-order valence-electron chi connectivity index (χ4n) is 5.95.